The van der Waals surface area contributed by atoms with Gasteiger partial charge in [-0.2, -0.15) is 0 Å². The van der Waals surface area contributed by atoms with Gasteiger partial charge in [-0.05, 0) is 12.1 Å². The number of aromatic nitrogens is 2. The van der Waals surface area contributed by atoms with E-state index in [0.29, 0.717) is 18.2 Å². The second-order valence-electron chi connectivity index (χ2n) is 2.30. The molecule has 68 valence electrons. The van der Waals surface area contributed by atoms with Gasteiger partial charge in [-0.15, -0.1) is 11.3 Å². The molecule has 0 N–H and O–H groups in total. The molecule has 0 aliphatic carbocycles. The van der Waals surface area contributed by atoms with Crippen LogP contribution in [0, 0.1) is 0 Å². The summed E-state index contributed by atoms with van der Waals surface area (Å²) in [6.07, 6.45) is 1.73. The zero-order chi connectivity index (χ0) is 9.10. The third kappa shape index (κ3) is 1.70. The Balaban J connectivity index is 2.23. The predicted molar refractivity (Wildman–Crippen MR) is 48.8 cm³/mol. The number of rotatable bonds is 3. The normalized spacial score (nSPS) is 10.2. The van der Waals surface area contributed by atoms with Crippen molar-refractivity contribution in [2.45, 2.75) is 6.92 Å². The Morgan fingerprint density at radius 1 is 1.62 bits per heavy atom. The Bertz CT molecular complexity index is 369. The average molecular weight is 196 g/mol. The molecule has 2 rings (SSSR count). The Morgan fingerprint density at radius 2 is 2.54 bits per heavy atom. The molecule has 0 unspecified atom stereocenters. The molecule has 0 saturated carbocycles. The van der Waals surface area contributed by atoms with Gasteiger partial charge in [-0.25, -0.2) is 4.98 Å². The molecule has 0 spiro atoms. The smallest absolute Gasteiger partial charge is 0.254 e. The van der Waals surface area contributed by atoms with Crippen LogP contribution in [0.1, 0.15) is 6.92 Å². The van der Waals surface area contributed by atoms with Crippen LogP contribution in [0.3, 0.4) is 0 Å². The van der Waals surface area contributed by atoms with Gasteiger partial charge in [-0.3, -0.25) is 0 Å². The highest BCUT2D eigenvalue weighted by Crippen LogP contribution is 2.24. The average Bonchev–Trinajstić information content (AvgIpc) is 2.70. The van der Waals surface area contributed by atoms with Crippen LogP contribution in [0.25, 0.3) is 10.8 Å². The van der Waals surface area contributed by atoms with Crippen molar-refractivity contribution in [2.75, 3.05) is 6.61 Å². The zero-order valence-corrected chi connectivity index (χ0v) is 7.87. The highest BCUT2D eigenvalue weighted by atomic mass is 32.1. The van der Waals surface area contributed by atoms with E-state index >= 15 is 0 Å². The van der Waals surface area contributed by atoms with Crippen LogP contribution in [0.2, 0.25) is 0 Å². The minimum absolute atomic E-state index is 0.507. The van der Waals surface area contributed by atoms with Crippen LogP contribution in [0.15, 0.2) is 22.2 Å². The summed E-state index contributed by atoms with van der Waals surface area (Å²) in [6.45, 7) is 2.49. The quantitative estimate of drug-likeness (QED) is 0.755. The molecule has 0 aliphatic rings. The molecule has 0 bridgehead atoms. The largest absolute Gasteiger partial charge is 0.476 e. The molecule has 2 aromatic rings. The van der Waals surface area contributed by atoms with E-state index in [0.717, 1.165) is 5.01 Å². The van der Waals surface area contributed by atoms with E-state index in [-0.39, 0.29) is 0 Å². The first-order valence-electron chi connectivity index (χ1n) is 3.89. The van der Waals surface area contributed by atoms with E-state index in [9.17, 15) is 0 Å². The van der Waals surface area contributed by atoms with Crippen molar-refractivity contribution in [1.29, 1.82) is 0 Å². The van der Waals surface area contributed by atoms with Crippen molar-refractivity contribution in [3.05, 3.63) is 17.6 Å². The van der Waals surface area contributed by atoms with Gasteiger partial charge in [0.15, 0.2) is 10.8 Å². The summed E-state index contributed by atoms with van der Waals surface area (Å²) >= 11 is 1.51. The van der Waals surface area contributed by atoms with E-state index in [1.165, 1.54) is 11.3 Å². The minimum Gasteiger partial charge on any atom is -0.476 e. The predicted octanol–water partition coefficient (Wildman–Crippen LogP) is 2.20. The van der Waals surface area contributed by atoms with Gasteiger partial charge in [0.1, 0.15) is 0 Å². The summed E-state index contributed by atoms with van der Waals surface area (Å²) in [4.78, 5) is 4.09. The molecular weight excluding hydrogens is 188 g/mol. The third-order valence-electron chi connectivity index (χ3n) is 1.42. The maximum absolute atomic E-state index is 5.16. The topological polar surface area (TPSA) is 48.2 Å². The van der Waals surface area contributed by atoms with E-state index in [1.54, 1.807) is 12.3 Å². The van der Waals surface area contributed by atoms with Gasteiger partial charge >= 0.3 is 0 Å². The van der Waals surface area contributed by atoms with Gasteiger partial charge in [0.25, 0.3) is 5.88 Å². The Hall–Kier alpha value is -1.36. The number of hydrogen-bond acceptors (Lipinski definition) is 5. The van der Waals surface area contributed by atoms with Gasteiger partial charge in [-0.1, -0.05) is 0 Å². The molecule has 0 atom stereocenters. The van der Waals surface area contributed by atoms with Crippen LogP contribution in [-0.2, 0) is 0 Å². The van der Waals surface area contributed by atoms with Crippen molar-refractivity contribution in [3.63, 3.8) is 0 Å². The van der Waals surface area contributed by atoms with Crippen LogP contribution in [0.5, 0.6) is 5.88 Å². The third-order valence-corrected chi connectivity index (χ3v) is 2.21. The van der Waals surface area contributed by atoms with E-state index in [1.807, 2.05) is 12.3 Å². The van der Waals surface area contributed by atoms with E-state index in [2.05, 4.69) is 10.1 Å². The fourth-order valence-corrected chi connectivity index (χ4v) is 1.51. The monoisotopic (exact) mass is 196 g/mol. The lowest BCUT2D eigenvalue weighted by Gasteiger charge is -1.91. The first-order chi connectivity index (χ1) is 6.40. The lowest BCUT2D eigenvalue weighted by molar-refractivity contribution is 0.296. The number of ether oxygens (including phenoxy) is 1. The molecule has 0 saturated heterocycles. The van der Waals surface area contributed by atoms with Crippen molar-refractivity contribution in [3.8, 4) is 16.6 Å². The fraction of sp³-hybridized carbons (Fsp3) is 0.250. The summed E-state index contributed by atoms with van der Waals surface area (Å²) in [5.74, 6) is 1.16. The number of nitrogens with zero attached hydrogens (tertiary/aromatic N) is 2. The minimum atomic E-state index is 0.507. The van der Waals surface area contributed by atoms with Crippen molar-refractivity contribution in [2.24, 2.45) is 0 Å². The Labute approximate surface area is 79.2 Å². The summed E-state index contributed by atoms with van der Waals surface area (Å²) in [5, 5.41) is 6.44. The van der Waals surface area contributed by atoms with Crippen molar-refractivity contribution < 1.29 is 9.26 Å². The molecule has 4 nitrogen and oxygen atoms in total. The van der Waals surface area contributed by atoms with Gasteiger partial charge < -0.3 is 9.26 Å². The molecule has 13 heavy (non-hydrogen) atoms. The molecule has 0 aromatic carbocycles. The Morgan fingerprint density at radius 3 is 3.23 bits per heavy atom. The highest BCUT2D eigenvalue weighted by molar-refractivity contribution is 7.13. The van der Waals surface area contributed by atoms with Crippen LogP contribution >= 0.6 is 11.3 Å². The molecule has 0 aliphatic heterocycles. The lowest BCUT2D eigenvalue weighted by Crippen LogP contribution is -1.89. The SMILES string of the molecule is CCOc1cc(-c2nccs2)on1. The molecule has 2 aromatic heterocycles. The maximum atomic E-state index is 5.16. The maximum Gasteiger partial charge on any atom is 0.254 e. The number of thiazole rings is 1. The Kier molecular flexibility index (Phi) is 2.27. The van der Waals surface area contributed by atoms with Crippen LogP contribution in [-0.4, -0.2) is 16.7 Å². The van der Waals surface area contributed by atoms with Crippen molar-refractivity contribution in [1.82, 2.24) is 10.1 Å². The second kappa shape index (κ2) is 3.57. The molecule has 5 heteroatoms. The van der Waals surface area contributed by atoms with E-state index < -0.39 is 0 Å². The second-order valence-corrected chi connectivity index (χ2v) is 3.19. The van der Waals surface area contributed by atoms with Crippen molar-refractivity contribution >= 4 is 11.3 Å². The van der Waals surface area contributed by atoms with Gasteiger partial charge in [0, 0.05) is 11.6 Å². The molecular formula is C8H8N2O2S. The first-order valence-corrected chi connectivity index (χ1v) is 4.77. The van der Waals surface area contributed by atoms with E-state index in [4.69, 9.17) is 9.26 Å². The molecule has 0 amide bonds. The van der Waals surface area contributed by atoms with Gasteiger partial charge in [0.05, 0.1) is 12.7 Å². The molecule has 0 radical (unpaired) electrons. The summed E-state index contributed by atoms with van der Waals surface area (Å²) < 4.78 is 10.2. The summed E-state index contributed by atoms with van der Waals surface area (Å²) in [7, 11) is 0. The first kappa shape index (κ1) is 8.25. The molecule has 0 fully saturated rings. The summed E-state index contributed by atoms with van der Waals surface area (Å²) in [5.41, 5.74) is 0. The molecule has 2 heterocycles. The zero-order valence-electron chi connectivity index (χ0n) is 7.06. The number of hydrogen-bond donors (Lipinski definition) is 0. The van der Waals surface area contributed by atoms with Crippen LogP contribution < -0.4 is 4.74 Å². The lowest BCUT2D eigenvalue weighted by atomic mass is 10.5. The fourth-order valence-electron chi connectivity index (χ4n) is 0.921. The highest BCUT2D eigenvalue weighted by Gasteiger charge is 2.08. The standard InChI is InChI=1S/C8H8N2O2S/c1-2-11-7-5-6(12-10-7)8-9-3-4-13-8/h3-5H,2H2,1H3. The van der Waals surface area contributed by atoms with Crippen LogP contribution in [0.4, 0.5) is 0 Å². The summed E-state index contributed by atoms with van der Waals surface area (Å²) in [6, 6.07) is 1.74. The van der Waals surface area contributed by atoms with Gasteiger partial charge in [0.2, 0.25) is 0 Å².